The van der Waals surface area contributed by atoms with E-state index in [-0.39, 0.29) is 23.7 Å². The summed E-state index contributed by atoms with van der Waals surface area (Å²) in [6.45, 7) is 0. The molecule has 2 amide bonds. The number of nitrogens with one attached hydrogen (secondary N) is 1. The smallest absolute Gasteiger partial charge is 0.243 e. The lowest BCUT2D eigenvalue weighted by atomic mass is 9.61. The van der Waals surface area contributed by atoms with Crippen molar-refractivity contribution < 1.29 is 14.3 Å². The first-order chi connectivity index (χ1) is 14.7. The Morgan fingerprint density at radius 3 is 2.53 bits per heavy atom. The Bertz CT molecular complexity index is 1160. The molecule has 0 radical (unpaired) electrons. The molecule has 0 bridgehead atoms. The summed E-state index contributed by atoms with van der Waals surface area (Å²) < 4.78 is 5.24. The molecule has 0 unspecified atom stereocenters. The molecule has 30 heavy (non-hydrogen) atoms. The summed E-state index contributed by atoms with van der Waals surface area (Å²) in [5, 5.41) is 1.21. The summed E-state index contributed by atoms with van der Waals surface area (Å²) in [5.41, 5.74) is 3.95. The van der Waals surface area contributed by atoms with Gasteiger partial charge in [-0.25, -0.2) is 4.90 Å². The maximum atomic E-state index is 13.7. The molecule has 6 rings (SSSR count). The average Bonchev–Trinajstić information content (AvgIpc) is 3.29. The van der Waals surface area contributed by atoms with Gasteiger partial charge in [-0.15, -0.1) is 0 Å². The van der Waals surface area contributed by atoms with E-state index in [4.69, 9.17) is 4.74 Å². The monoisotopic (exact) mass is 400 g/mol. The van der Waals surface area contributed by atoms with Crippen LogP contribution in [0.1, 0.15) is 48.8 Å². The number of carbonyl (C=O) groups excluding carboxylic acids is 2. The summed E-state index contributed by atoms with van der Waals surface area (Å²) in [4.78, 5) is 32.3. The molecule has 4 atom stereocenters. The quantitative estimate of drug-likeness (QED) is 0.632. The highest BCUT2D eigenvalue weighted by Crippen LogP contribution is 2.57. The van der Waals surface area contributed by atoms with Gasteiger partial charge in [-0.1, -0.05) is 31.0 Å². The van der Waals surface area contributed by atoms with Crippen molar-refractivity contribution in [3.63, 3.8) is 0 Å². The molecule has 1 aromatic heterocycles. The minimum Gasteiger partial charge on any atom is -0.497 e. The first-order valence-electron chi connectivity index (χ1n) is 10.8. The zero-order valence-corrected chi connectivity index (χ0v) is 16.9. The number of amides is 2. The van der Waals surface area contributed by atoms with Crippen LogP contribution in [-0.4, -0.2) is 23.9 Å². The molecule has 2 fully saturated rings. The molecule has 2 aromatic carbocycles. The van der Waals surface area contributed by atoms with Crippen LogP contribution in [-0.2, 0) is 9.59 Å². The van der Waals surface area contributed by atoms with Crippen LogP contribution in [0.5, 0.6) is 5.75 Å². The van der Waals surface area contributed by atoms with Crippen molar-refractivity contribution >= 4 is 28.4 Å². The third-order valence-electron chi connectivity index (χ3n) is 7.42. The lowest BCUT2D eigenvalue weighted by molar-refractivity contribution is -0.123. The lowest BCUT2D eigenvalue weighted by Gasteiger charge is -2.41. The van der Waals surface area contributed by atoms with Gasteiger partial charge in [0.1, 0.15) is 5.75 Å². The van der Waals surface area contributed by atoms with Crippen molar-refractivity contribution in [3.05, 3.63) is 59.8 Å². The van der Waals surface area contributed by atoms with Gasteiger partial charge in [0.25, 0.3) is 0 Å². The van der Waals surface area contributed by atoms with Crippen molar-refractivity contribution in [2.75, 3.05) is 12.0 Å². The molecule has 1 N–H and O–H groups in total. The molecule has 2 heterocycles. The van der Waals surface area contributed by atoms with E-state index in [0.29, 0.717) is 17.4 Å². The second kappa shape index (κ2) is 6.46. The number of ether oxygens (including phenoxy) is 1. The molecule has 3 aromatic rings. The van der Waals surface area contributed by atoms with Gasteiger partial charge in [0, 0.05) is 16.6 Å². The summed E-state index contributed by atoms with van der Waals surface area (Å²) in [6, 6.07) is 15.5. The molecule has 5 heteroatoms. The number of benzene rings is 2. The van der Waals surface area contributed by atoms with Gasteiger partial charge >= 0.3 is 0 Å². The number of methoxy groups -OCH3 is 1. The fraction of sp³-hybridized carbons (Fsp3) is 0.360. The Kier molecular flexibility index (Phi) is 3.82. The van der Waals surface area contributed by atoms with E-state index in [1.165, 1.54) is 22.3 Å². The summed E-state index contributed by atoms with van der Waals surface area (Å²) in [6.07, 6.45) is 4.42. The van der Waals surface area contributed by atoms with Crippen molar-refractivity contribution in [1.82, 2.24) is 4.98 Å². The zero-order valence-electron chi connectivity index (χ0n) is 16.9. The normalized spacial score (nSPS) is 27.7. The molecule has 1 aliphatic heterocycles. The first kappa shape index (κ1) is 17.8. The maximum Gasteiger partial charge on any atom is 0.243 e. The lowest BCUT2D eigenvalue weighted by Crippen LogP contribution is -2.37. The van der Waals surface area contributed by atoms with Crippen LogP contribution in [0.2, 0.25) is 0 Å². The number of imide groups is 1. The molecule has 1 saturated carbocycles. The number of aromatic nitrogens is 1. The largest absolute Gasteiger partial charge is 0.497 e. The highest BCUT2D eigenvalue weighted by atomic mass is 16.5. The maximum absolute atomic E-state index is 13.7. The fourth-order valence-corrected chi connectivity index (χ4v) is 6.19. The highest BCUT2D eigenvalue weighted by Gasteiger charge is 2.58. The predicted molar refractivity (Wildman–Crippen MR) is 115 cm³/mol. The molecule has 2 aliphatic carbocycles. The minimum absolute atomic E-state index is 0.0450. The first-order valence-corrected chi connectivity index (χ1v) is 10.8. The summed E-state index contributed by atoms with van der Waals surface area (Å²) >= 11 is 0. The zero-order chi connectivity index (χ0) is 20.4. The van der Waals surface area contributed by atoms with Gasteiger partial charge in [0.15, 0.2) is 0 Å². The SMILES string of the molecule is COc1ccc(N2C(=O)[C@H]3[C@H]4CCCC[C@@H]4c4c([nH]c5ccccc45)[C@@H]3C2=O)cc1. The number of hydrogen-bond donors (Lipinski definition) is 1. The van der Waals surface area contributed by atoms with Gasteiger partial charge in [-0.2, -0.15) is 0 Å². The van der Waals surface area contributed by atoms with Gasteiger partial charge in [-0.3, -0.25) is 9.59 Å². The number of H-pyrrole nitrogens is 1. The van der Waals surface area contributed by atoms with E-state index < -0.39 is 5.92 Å². The highest BCUT2D eigenvalue weighted by molar-refractivity contribution is 6.24. The van der Waals surface area contributed by atoms with Crippen molar-refractivity contribution in [2.24, 2.45) is 11.8 Å². The topological polar surface area (TPSA) is 62.4 Å². The third-order valence-corrected chi connectivity index (χ3v) is 7.42. The van der Waals surface area contributed by atoms with Gasteiger partial charge < -0.3 is 9.72 Å². The average molecular weight is 400 g/mol. The number of carbonyl (C=O) groups is 2. The van der Waals surface area contributed by atoms with Crippen LogP contribution in [0.25, 0.3) is 10.9 Å². The number of rotatable bonds is 2. The van der Waals surface area contributed by atoms with Gasteiger partial charge in [0.2, 0.25) is 11.8 Å². The predicted octanol–water partition coefficient (Wildman–Crippen LogP) is 4.74. The van der Waals surface area contributed by atoms with Crippen molar-refractivity contribution in [1.29, 1.82) is 0 Å². The molecular formula is C25H24N2O3. The number of nitrogens with zero attached hydrogens (tertiary/aromatic N) is 1. The number of fused-ring (bicyclic) bond motifs is 8. The van der Waals surface area contributed by atoms with Crippen LogP contribution in [0.4, 0.5) is 5.69 Å². The van der Waals surface area contributed by atoms with Gasteiger partial charge in [-0.05, 0) is 60.6 Å². The molecule has 152 valence electrons. The van der Waals surface area contributed by atoms with Crippen LogP contribution in [0.3, 0.4) is 0 Å². The number of aromatic amines is 1. The minimum atomic E-state index is -0.415. The Hall–Kier alpha value is -3.08. The molecule has 5 nitrogen and oxygen atoms in total. The van der Waals surface area contributed by atoms with Crippen molar-refractivity contribution in [3.8, 4) is 5.75 Å². The molecular weight excluding hydrogens is 376 g/mol. The Labute approximate surface area is 175 Å². The van der Waals surface area contributed by atoms with E-state index in [1.807, 2.05) is 6.07 Å². The van der Waals surface area contributed by atoms with E-state index in [2.05, 4.69) is 23.2 Å². The van der Waals surface area contributed by atoms with E-state index in [1.54, 1.807) is 31.4 Å². The number of para-hydroxylation sites is 1. The molecule has 1 saturated heterocycles. The van der Waals surface area contributed by atoms with E-state index in [0.717, 1.165) is 30.5 Å². The van der Waals surface area contributed by atoms with Crippen LogP contribution in [0.15, 0.2) is 48.5 Å². The Morgan fingerprint density at radius 1 is 0.967 bits per heavy atom. The molecule has 0 spiro atoms. The van der Waals surface area contributed by atoms with E-state index >= 15 is 0 Å². The van der Waals surface area contributed by atoms with Crippen LogP contribution >= 0.6 is 0 Å². The standard InChI is InChI=1S/C25H24N2O3/c1-30-15-12-10-14(11-13-15)27-24(28)21-17-7-3-2-6-16(17)20-18-8-4-5-9-19(18)26-23(20)22(21)25(27)29/h4-5,8-13,16-17,21-22,26H,2-3,6-7H2,1H3/t16-,17-,21-,22+/m0/s1. The summed E-state index contributed by atoms with van der Waals surface area (Å²) in [5.74, 6) is 0.449. The number of hydrogen-bond acceptors (Lipinski definition) is 3. The fourth-order valence-electron chi connectivity index (χ4n) is 6.19. The second-order valence-corrected chi connectivity index (χ2v) is 8.77. The Balaban J connectivity index is 1.52. The van der Waals surface area contributed by atoms with Gasteiger partial charge in [0.05, 0.1) is 24.6 Å². The Morgan fingerprint density at radius 2 is 1.73 bits per heavy atom. The summed E-state index contributed by atoms with van der Waals surface area (Å²) in [7, 11) is 1.61. The second-order valence-electron chi connectivity index (χ2n) is 8.77. The molecule has 3 aliphatic rings. The van der Waals surface area contributed by atoms with Crippen LogP contribution in [0, 0.1) is 11.8 Å². The number of anilines is 1. The van der Waals surface area contributed by atoms with Crippen LogP contribution < -0.4 is 9.64 Å². The van der Waals surface area contributed by atoms with Crippen molar-refractivity contribution in [2.45, 2.75) is 37.5 Å². The van der Waals surface area contributed by atoms with E-state index in [9.17, 15) is 9.59 Å². The third kappa shape index (κ3) is 2.29.